The average molecular weight is 350 g/mol. The van der Waals surface area contributed by atoms with E-state index in [4.69, 9.17) is 0 Å². The van der Waals surface area contributed by atoms with Crippen molar-refractivity contribution < 1.29 is 13.2 Å². The van der Waals surface area contributed by atoms with Gasteiger partial charge >= 0.3 is 5.69 Å². The molecule has 2 aromatic rings. The van der Waals surface area contributed by atoms with Crippen molar-refractivity contribution in [2.24, 2.45) is 0 Å². The van der Waals surface area contributed by atoms with E-state index in [-0.39, 0.29) is 17.8 Å². The van der Waals surface area contributed by atoms with Gasteiger partial charge in [0.25, 0.3) is 0 Å². The zero-order valence-corrected chi connectivity index (χ0v) is 13.7. The lowest BCUT2D eigenvalue weighted by Gasteiger charge is -2.21. The quantitative estimate of drug-likeness (QED) is 0.797. The molecule has 1 fully saturated rings. The molecule has 2 aliphatic heterocycles. The largest absolute Gasteiger partial charge is 0.355 e. The number of halogens is 3. The summed E-state index contributed by atoms with van der Waals surface area (Å²) < 4.78 is 41.5. The summed E-state index contributed by atoms with van der Waals surface area (Å²) in [5.74, 6) is -2.69. The molecule has 0 N–H and O–H groups in total. The molecule has 0 spiro atoms. The predicted octanol–water partition coefficient (Wildman–Crippen LogP) is 2.28. The van der Waals surface area contributed by atoms with Crippen LogP contribution < -0.4 is 15.5 Å². The highest BCUT2D eigenvalue weighted by molar-refractivity contribution is 5.54. The minimum atomic E-state index is -1.49. The summed E-state index contributed by atoms with van der Waals surface area (Å²) >= 11 is 0. The van der Waals surface area contributed by atoms with Gasteiger partial charge < -0.3 is 9.80 Å². The smallest absolute Gasteiger partial charge is 0.351 e. The molecule has 132 valence electrons. The van der Waals surface area contributed by atoms with Crippen LogP contribution in [0.5, 0.6) is 0 Å². The van der Waals surface area contributed by atoms with Gasteiger partial charge in [-0.05, 0) is 30.5 Å². The molecule has 2 aliphatic rings. The fourth-order valence-electron chi connectivity index (χ4n) is 3.68. The molecule has 0 saturated carbocycles. The topological polar surface area (TPSA) is 41.4 Å². The third-order valence-electron chi connectivity index (χ3n) is 4.90. The molecule has 0 unspecified atom stereocenters. The first kappa shape index (κ1) is 16.0. The number of aromatic nitrogens is 2. The maximum atomic E-state index is 13.4. The van der Waals surface area contributed by atoms with Crippen molar-refractivity contribution in [2.75, 3.05) is 23.4 Å². The summed E-state index contributed by atoms with van der Waals surface area (Å²) in [7, 11) is 1.68. The van der Waals surface area contributed by atoms with Gasteiger partial charge in [-0.1, -0.05) is 0 Å². The van der Waals surface area contributed by atoms with Crippen molar-refractivity contribution in [3.8, 4) is 0 Å². The molecule has 25 heavy (non-hydrogen) atoms. The Balaban J connectivity index is 1.63. The zero-order chi connectivity index (χ0) is 17.7. The Bertz CT molecular complexity index is 875. The zero-order valence-electron chi connectivity index (χ0n) is 13.7. The predicted molar refractivity (Wildman–Crippen MR) is 87.3 cm³/mol. The molecule has 0 radical (unpaired) electrons. The third kappa shape index (κ3) is 2.65. The van der Waals surface area contributed by atoms with E-state index in [1.807, 2.05) is 6.07 Å². The Morgan fingerprint density at radius 2 is 1.96 bits per heavy atom. The average Bonchev–Trinajstić information content (AvgIpc) is 3.14. The lowest BCUT2D eigenvalue weighted by atomic mass is 10.2. The molecule has 0 aliphatic carbocycles. The highest BCUT2D eigenvalue weighted by atomic mass is 19.2. The fraction of sp³-hybridized carbons (Fsp3) is 0.412. The normalized spacial score (nSPS) is 18.4. The van der Waals surface area contributed by atoms with Crippen LogP contribution in [-0.4, -0.2) is 29.2 Å². The number of benzene rings is 1. The first-order valence-electron chi connectivity index (χ1n) is 8.17. The number of fused-ring (bicyclic) bond motifs is 3. The van der Waals surface area contributed by atoms with Crippen molar-refractivity contribution >= 4 is 11.6 Å². The van der Waals surface area contributed by atoms with Gasteiger partial charge in [0.15, 0.2) is 17.5 Å². The first-order valence-corrected chi connectivity index (χ1v) is 8.17. The Labute approximate surface area is 142 Å². The van der Waals surface area contributed by atoms with E-state index in [1.54, 1.807) is 16.5 Å². The van der Waals surface area contributed by atoms with Gasteiger partial charge in [-0.25, -0.2) is 18.0 Å². The summed E-state index contributed by atoms with van der Waals surface area (Å²) in [4.78, 5) is 20.2. The molecule has 0 bridgehead atoms. The van der Waals surface area contributed by atoms with Crippen LogP contribution in [0.1, 0.15) is 18.4 Å². The molecule has 1 aromatic heterocycles. The van der Waals surface area contributed by atoms with Crippen molar-refractivity contribution in [2.45, 2.75) is 32.0 Å². The lowest BCUT2D eigenvalue weighted by molar-refractivity contribution is 0.445. The second-order valence-electron chi connectivity index (χ2n) is 6.58. The van der Waals surface area contributed by atoms with E-state index in [1.165, 1.54) is 0 Å². The lowest BCUT2D eigenvalue weighted by Crippen LogP contribution is -2.27. The van der Waals surface area contributed by atoms with E-state index in [0.717, 1.165) is 37.3 Å². The molecule has 1 saturated heterocycles. The molecule has 0 amide bonds. The molecule has 1 aromatic carbocycles. The van der Waals surface area contributed by atoms with Crippen molar-refractivity contribution in [1.29, 1.82) is 0 Å². The van der Waals surface area contributed by atoms with E-state index in [9.17, 15) is 18.0 Å². The second kappa shape index (κ2) is 5.79. The van der Waals surface area contributed by atoms with E-state index in [2.05, 4.69) is 9.88 Å². The van der Waals surface area contributed by atoms with Crippen molar-refractivity contribution in [3.05, 3.63) is 51.7 Å². The van der Waals surface area contributed by atoms with Gasteiger partial charge in [-0.3, -0.25) is 4.57 Å². The van der Waals surface area contributed by atoms with Crippen LogP contribution in [0.15, 0.2) is 23.0 Å². The number of hydrogen-bond acceptors (Lipinski definition) is 4. The molecule has 3 heterocycles. The van der Waals surface area contributed by atoms with E-state index >= 15 is 0 Å². The van der Waals surface area contributed by atoms with Gasteiger partial charge in [-0.2, -0.15) is 4.98 Å². The van der Waals surface area contributed by atoms with Gasteiger partial charge in [0.1, 0.15) is 11.6 Å². The molecule has 1 atom stereocenters. The summed E-state index contributed by atoms with van der Waals surface area (Å²) in [5.41, 5.74) is -0.0643. The van der Waals surface area contributed by atoms with Crippen molar-refractivity contribution in [1.82, 2.24) is 9.55 Å². The minimum absolute atomic E-state index is 0.105. The first-order chi connectivity index (χ1) is 11.9. The van der Waals surface area contributed by atoms with Gasteiger partial charge in [-0.15, -0.1) is 0 Å². The van der Waals surface area contributed by atoms with Crippen LogP contribution in [-0.2, 0) is 13.1 Å². The van der Waals surface area contributed by atoms with Crippen LogP contribution in [0, 0.1) is 17.5 Å². The third-order valence-corrected chi connectivity index (χ3v) is 4.90. The number of rotatable bonds is 3. The SMILES string of the molecule is CN(Cc1cc(F)c(F)c(F)c1)c1cc2n(c(=O)n1)C[C@H]1CCCN21. The maximum Gasteiger partial charge on any atom is 0.351 e. The Kier molecular flexibility index (Phi) is 3.70. The summed E-state index contributed by atoms with van der Waals surface area (Å²) in [6.45, 7) is 1.67. The Morgan fingerprint density at radius 1 is 1.24 bits per heavy atom. The van der Waals surface area contributed by atoms with Crippen LogP contribution in [0.3, 0.4) is 0 Å². The maximum absolute atomic E-state index is 13.4. The minimum Gasteiger partial charge on any atom is -0.355 e. The molecular weight excluding hydrogens is 333 g/mol. The van der Waals surface area contributed by atoms with Crippen molar-refractivity contribution in [3.63, 3.8) is 0 Å². The molecule has 8 heteroatoms. The molecule has 5 nitrogen and oxygen atoms in total. The number of anilines is 2. The van der Waals surface area contributed by atoms with Gasteiger partial charge in [0, 0.05) is 38.8 Å². The van der Waals surface area contributed by atoms with Crippen LogP contribution >= 0.6 is 0 Å². The number of hydrogen-bond donors (Lipinski definition) is 0. The Morgan fingerprint density at radius 3 is 2.68 bits per heavy atom. The monoisotopic (exact) mass is 350 g/mol. The second-order valence-corrected chi connectivity index (χ2v) is 6.58. The van der Waals surface area contributed by atoms with E-state index in [0.29, 0.717) is 18.4 Å². The number of nitrogens with zero attached hydrogens (tertiary/aromatic N) is 4. The van der Waals surface area contributed by atoms with Crippen LogP contribution in [0.25, 0.3) is 0 Å². The van der Waals surface area contributed by atoms with Crippen LogP contribution in [0.2, 0.25) is 0 Å². The van der Waals surface area contributed by atoms with Gasteiger partial charge in [0.2, 0.25) is 0 Å². The van der Waals surface area contributed by atoms with Crippen LogP contribution in [0.4, 0.5) is 24.8 Å². The molecule has 4 rings (SSSR count). The Hall–Kier alpha value is -2.51. The fourth-order valence-corrected chi connectivity index (χ4v) is 3.68. The highest BCUT2D eigenvalue weighted by Crippen LogP contribution is 2.33. The molecular formula is C17H17F3N4O. The highest BCUT2D eigenvalue weighted by Gasteiger charge is 2.34. The summed E-state index contributed by atoms with van der Waals surface area (Å²) in [5, 5.41) is 0. The van der Waals surface area contributed by atoms with Gasteiger partial charge in [0.05, 0.1) is 0 Å². The summed E-state index contributed by atoms with van der Waals surface area (Å²) in [6.07, 6.45) is 2.15. The van der Waals surface area contributed by atoms with E-state index < -0.39 is 17.5 Å². The summed E-state index contributed by atoms with van der Waals surface area (Å²) in [6, 6.07) is 4.07. The standard InChI is InChI=1S/C17H17F3N4O/c1-22(8-10-5-12(18)16(20)13(19)6-10)14-7-15-23-4-2-3-11(23)9-24(15)17(25)21-14/h5-7,11H,2-4,8-9H2,1H3/t11-/m1/s1.